The molecule has 0 spiro atoms. The van der Waals surface area contributed by atoms with Crippen molar-refractivity contribution in [3.63, 3.8) is 0 Å². The van der Waals surface area contributed by atoms with E-state index in [-0.39, 0.29) is 12.5 Å². The molecule has 18 heavy (non-hydrogen) atoms. The minimum absolute atomic E-state index is 0.0486. The van der Waals surface area contributed by atoms with Gasteiger partial charge in [-0.15, -0.1) is 0 Å². The van der Waals surface area contributed by atoms with E-state index in [2.05, 4.69) is 20.3 Å². The van der Waals surface area contributed by atoms with Gasteiger partial charge in [0.05, 0.1) is 16.6 Å². The van der Waals surface area contributed by atoms with E-state index in [0.717, 1.165) is 0 Å². The second-order valence-electron chi connectivity index (χ2n) is 4.30. The van der Waals surface area contributed by atoms with Crippen LogP contribution in [0.25, 0.3) is 0 Å². The lowest BCUT2D eigenvalue weighted by atomic mass is 10.0. The summed E-state index contributed by atoms with van der Waals surface area (Å²) in [6.45, 7) is 3.95. The second kappa shape index (κ2) is 6.83. The molecular weight excluding hydrogens is 316 g/mol. The zero-order chi connectivity index (χ0) is 13.7. The Kier molecular flexibility index (Phi) is 5.72. The number of hydrogen-bond donors (Lipinski definition) is 1. The summed E-state index contributed by atoms with van der Waals surface area (Å²) >= 11 is 4.53. The van der Waals surface area contributed by atoms with E-state index >= 15 is 0 Å². The van der Waals surface area contributed by atoms with Gasteiger partial charge in [0.25, 0.3) is 0 Å². The number of nitrogens with two attached hydrogens (primary N) is 1. The molecule has 0 aliphatic rings. The highest BCUT2D eigenvalue weighted by atomic mass is 79.9. The van der Waals surface area contributed by atoms with Gasteiger partial charge in [-0.25, -0.2) is 0 Å². The van der Waals surface area contributed by atoms with Crippen molar-refractivity contribution in [3.8, 4) is 6.07 Å². The van der Waals surface area contributed by atoms with Crippen molar-refractivity contribution in [2.75, 3.05) is 11.4 Å². The lowest BCUT2D eigenvalue weighted by molar-refractivity contribution is -0.120. The van der Waals surface area contributed by atoms with Crippen LogP contribution in [-0.2, 0) is 4.79 Å². The lowest BCUT2D eigenvalue weighted by Crippen LogP contribution is -2.45. The maximum absolute atomic E-state index is 12.2. The second-order valence-corrected chi connectivity index (χ2v) is 5.79. The number of aromatic nitrogens is 1. The molecule has 5 nitrogen and oxygen atoms in total. The Balaban J connectivity index is 2.90. The molecule has 1 unspecified atom stereocenters. The number of carbonyl (C=O) groups is 1. The highest BCUT2D eigenvalue weighted by Gasteiger charge is 2.25. The summed E-state index contributed by atoms with van der Waals surface area (Å²) in [5.74, 6) is 0.523. The summed E-state index contributed by atoms with van der Waals surface area (Å²) < 4.78 is 4.81. The Labute approximate surface area is 119 Å². The normalized spacial score (nSPS) is 12.2. The van der Waals surface area contributed by atoms with Crippen LogP contribution in [0.1, 0.15) is 20.3 Å². The first kappa shape index (κ1) is 15.1. The summed E-state index contributed by atoms with van der Waals surface area (Å²) in [5, 5.41) is 10.6. The maximum atomic E-state index is 12.2. The van der Waals surface area contributed by atoms with Crippen molar-refractivity contribution >= 4 is 39.2 Å². The highest BCUT2D eigenvalue weighted by molar-refractivity contribution is 9.10. The highest BCUT2D eigenvalue weighted by Crippen LogP contribution is 2.27. The first-order valence-corrected chi connectivity index (χ1v) is 7.14. The fraction of sp³-hybridized carbons (Fsp3) is 0.545. The van der Waals surface area contributed by atoms with Gasteiger partial charge in [-0.1, -0.05) is 13.8 Å². The summed E-state index contributed by atoms with van der Waals surface area (Å²) in [6.07, 6.45) is 0.586. The van der Waals surface area contributed by atoms with Gasteiger partial charge in [0.1, 0.15) is 6.54 Å². The third-order valence-corrected chi connectivity index (χ3v) is 3.81. The van der Waals surface area contributed by atoms with Crippen LogP contribution in [0.15, 0.2) is 9.85 Å². The van der Waals surface area contributed by atoms with Gasteiger partial charge in [-0.3, -0.25) is 9.69 Å². The Morgan fingerprint density at radius 1 is 1.72 bits per heavy atom. The molecule has 0 aliphatic carbocycles. The van der Waals surface area contributed by atoms with Gasteiger partial charge in [-0.2, -0.15) is 9.64 Å². The fourth-order valence-electron chi connectivity index (χ4n) is 1.53. The summed E-state index contributed by atoms with van der Waals surface area (Å²) in [4.78, 5) is 13.5. The third kappa shape index (κ3) is 3.77. The van der Waals surface area contributed by atoms with Crippen molar-refractivity contribution in [3.05, 3.63) is 9.85 Å². The van der Waals surface area contributed by atoms with E-state index in [9.17, 15) is 4.79 Å². The standard InChI is InChI=1S/C11H15BrN4OS/c1-7(2)5-9(14)11(17)16(4-3-13)10-8(12)6-18-15-10/h6-7,9H,4-5,14H2,1-2H3. The first-order valence-electron chi connectivity index (χ1n) is 5.51. The van der Waals surface area contributed by atoms with Crippen molar-refractivity contribution in [1.29, 1.82) is 5.26 Å². The maximum Gasteiger partial charge on any atom is 0.246 e. The predicted octanol–water partition coefficient (Wildman–Crippen LogP) is 2.14. The molecule has 2 N–H and O–H groups in total. The number of anilines is 1. The van der Waals surface area contributed by atoms with E-state index in [1.807, 2.05) is 19.9 Å². The molecule has 0 saturated carbocycles. The minimum atomic E-state index is -0.605. The molecule has 0 radical (unpaired) electrons. The zero-order valence-electron chi connectivity index (χ0n) is 10.3. The molecule has 1 heterocycles. The quantitative estimate of drug-likeness (QED) is 0.838. The average molecular weight is 331 g/mol. The number of hydrogen-bond acceptors (Lipinski definition) is 5. The minimum Gasteiger partial charge on any atom is -0.320 e. The molecule has 0 aromatic carbocycles. The van der Waals surface area contributed by atoms with Crippen LogP contribution in [0, 0.1) is 17.2 Å². The Bertz CT molecular complexity index is 454. The van der Waals surface area contributed by atoms with Gasteiger partial charge < -0.3 is 5.73 Å². The Morgan fingerprint density at radius 2 is 2.39 bits per heavy atom. The van der Waals surface area contributed by atoms with E-state index in [1.54, 1.807) is 5.38 Å². The van der Waals surface area contributed by atoms with Crippen LogP contribution in [-0.4, -0.2) is 22.9 Å². The summed E-state index contributed by atoms with van der Waals surface area (Å²) in [5.41, 5.74) is 5.87. The molecule has 98 valence electrons. The fourth-order valence-corrected chi connectivity index (χ4v) is 2.75. The molecular formula is C11H15BrN4OS. The van der Waals surface area contributed by atoms with E-state index < -0.39 is 6.04 Å². The van der Waals surface area contributed by atoms with Crippen molar-refractivity contribution in [2.24, 2.45) is 11.7 Å². The Morgan fingerprint density at radius 3 is 2.83 bits per heavy atom. The van der Waals surface area contributed by atoms with Gasteiger partial charge >= 0.3 is 0 Å². The largest absolute Gasteiger partial charge is 0.320 e. The van der Waals surface area contributed by atoms with Gasteiger partial charge in [-0.05, 0) is 39.8 Å². The molecule has 0 fully saturated rings. The molecule has 1 aromatic rings. The average Bonchev–Trinajstić information content (AvgIpc) is 2.70. The number of carbonyl (C=O) groups excluding carboxylic acids is 1. The van der Waals surface area contributed by atoms with Gasteiger partial charge in [0.15, 0.2) is 5.82 Å². The predicted molar refractivity (Wildman–Crippen MR) is 75.2 cm³/mol. The van der Waals surface area contributed by atoms with Crippen LogP contribution in [0.3, 0.4) is 0 Å². The molecule has 1 aromatic heterocycles. The molecule has 1 amide bonds. The van der Waals surface area contributed by atoms with Crippen LogP contribution in [0.4, 0.5) is 5.82 Å². The van der Waals surface area contributed by atoms with E-state index in [1.165, 1.54) is 16.4 Å². The van der Waals surface area contributed by atoms with Crippen molar-refractivity contribution in [1.82, 2.24) is 4.37 Å². The van der Waals surface area contributed by atoms with Crippen LogP contribution in [0.2, 0.25) is 0 Å². The van der Waals surface area contributed by atoms with Crippen LogP contribution < -0.4 is 10.6 Å². The molecule has 1 rings (SSSR count). The Hall–Kier alpha value is -0.970. The number of halogens is 1. The van der Waals surface area contributed by atoms with Crippen LogP contribution >= 0.6 is 27.5 Å². The number of nitrogens with zero attached hydrogens (tertiary/aromatic N) is 3. The van der Waals surface area contributed by atoms with Crippen molar-refractivity contribution in [2.45, 2.75) is 26.3 Å². The zero-order valence-corrected chi connectivity index (χ0v) is 12.7. The number of rotatable bonds is 5. The van der Waals surface area contributed by atoms with E-state index in [4.69, 9.17) is 11.0 Å². The summed E-state index contributed by atoms with van der Waals surface area (Å²) in [6, 6.07) is 1.36. The summed E-state index contributed by atoms with van der Waals surface area (Å²) in [7, 11) is 0. The topological polar surface area (TPSA) is 83.0 Å². The number of amides is 1. The molecule has 0 saturated heterocycles. The van der Waals surface area contributed by atoms with Gasteiger partial charge in [0.2, 0.25) is 5.91 Å². The SMILES string of the molecule is CC(C)CC(N)C(=O)N(CC#N)c1nscc1Br. The monoisotopic (exact) mass is 330 g/mol. The molecule has 0 bridgehead atoms. The van der Waals surface area contributed by atoms with Crippen LogP contribution in [0.5, 0.6) is 0 Å². The van der Waals surface area contributed by atoms with E-state index in [0.29, 0.717) is 22.6 Å². The molecule has 7 heteroatoms. The lowest BCUT2D eigenvalue weighted by Gasteiger charge is -2.22. The number of nitriles is 1. The molecule has 1 atom stereocenters. The first-order chi connectivity index (χ1) is 8.47. The molecule has 0 aliphatic heterocycles. The third-order valence-electron chi connectivity index (χ3n) is 2.30. The van der Waals surface area contributed by atoms with Gasteiger partial charge in [0, 0.05) is 5.38 Å². The smallest absolute Gasteiger partial charge is 0.246 e. The van der Waals surface area contributed by atoms with Crippen molar-refractivity contribution < 1.29 is 4.79 Å².